The van der Waals surface area contributed by atoms with E-state index in [-0.39, 0.29) is 35.3 Å². The Morgan fingerprint density at radius 3 is 2.72 bits per heavy atom. The molecule has 0 spiro atoms. The van der Waals surface area contributed by atoms with Gasteiger partial charge in [0.05, 0.1) is 23.6 Å². The Morgan fingerprint density at radius 1 is 1.05 bits per heavy atom. The van der Waals surface area contributed by atoms with Gasteiger partial charge in [-0.3, -0.25) is 9.88 Å². The smallest absolute Gasteiger partial charge is 0.167 e. The van der Waals surface area contributed by atoms with Crippen LogP contribution in [0.5, 0.6) is 5.75 Å². The summed E-state index contributed by atoms with van der Waals surface area (Å²) >= 11 is 0. The summed E-state index contributed by atoms with van der Waals surface area (Å²) in [6, 6.07) is 7.36. The van der Waals surface area contributed by atoms with E-state index in [0.717, 1.165) is 60.2 Å². The van der Waals surface area contributed by atoms with Crippen molar-refractivity contribution in [3.05, 3.63) is 66.1 Å². The molecule has 206 valence electrons. The first kappa shape index (κ1) is 26.1. The molecule has 2 fully saturated rings. The number of likely N-dealkylation sites (tertiary alicyclic amines) is 1. The summed E-state index contributed by atoms with van der Waals surface area (Å²) in [7, 11) is -3.30. The number of pyridine rings is 2. The first-order chi connectivity index (χ1) is 18.9. The lowest BCUT2D eigenvalue weighted by atomic mass is 9.82. The van der Waals surface area contributed by atoms with E-state index in [4.69, 9.17) is 4.74 Å². The van der Waals surface area contributed by atoms with Gasteiger partial charge in [-0.25, -0.2) is 22.2 Å². The highest BCUT2D eigenvalue weighted by molar-refractivity contribution is 7.91. The summed E-state index contributed by atoms with van der Waals surface area (Å²) in [5, 5.41) is 1.81. The normalized spacial score (nSPS) is 22.9. The molecule has 7 nitrogen and oxygen atoms in total. The molecule has 4 aromatic rings. The third-order valence-corrected chi connectivity index (χ3v) is 10.5. The molecule has 1 aromatic carbocycles. The molecule has 2 aliphatic rings. The van der Waals surface area contributed by atoms with E-state index in [1.165, 1.54) is 17.7 Å². The molecule has 0 radical (unpaired) electrons. The van der Waals surface area contributed by atoms with Gasteiger partial charge in [0, 0.05) is 41.7 Å². The van der Waals surface area contributed by atoms with Crippen LogP contribution >= 0.6 is 0 Å². The van der Waals surface area contributed by atoms with E-state index in [1.807, 2.05) is 23.4 Å². The highest BCUT2D eigenvalue weighted by Crippen LogP contribution is 2.40. The zero-order valence-electron chi connectivity index (χ0n) is 21.7. The van der Waals surface area contributed by atoms with Gasteiger partial charge in [-0.15, -0.1) is 0 Å². The number of sulfone groups is 1. The largest absolute Gasteiger partial charge is 0.490 e. The van der Waals surface area contributed by atoms with Gasteiger partial charge >= 0.3 is 0 Å². The van der Waals surface area contributed by atoms with Gasteiger partial charge in [0.2, 0.25) is 0 Å². The maximum Gasteiger partial charge on any atom is 0.167 e. The van der Waals surface area contributed by atoms with E-state index in [0.29, 0.717) is 19.4 Å². The highest BCUT2D eigenvalue weighted by atomic mass is 32.2. The minimum Gasteiger partial charge on any atom is -0.490 e. The summed E-state index contributed by atoms with van der Waals surface area (Å²) in [5.41, 5.74) is 2.92. The van der Waals surface area contributed by atoms with Crippen molar-refractivity contribution in [2.75, 3.05) is 25.6 Å². The molecule has 0 amide bonds. The molecular weight excluding hydrogens is 522 g/mol. The third-order valence-electron chi connectivity index (χ3n) is 8.28. The fourth-order valence-electron chi connectivity index (χ4n) is 6.32. The zero-order valence-corrected chi connectivity index (χ0v) is 22.5. The Labute approximate surface area is 226 Å². The maximum absolute atomic E-state index is 13.9. The van der Waals surface area contributed by atoms with Gasteiger partial charge in [0.15, 0.2) is 21.4 Å². The SMILES string of the molecule is O=S(=O)(CN1CCCC(COc2ccc(F)cc2F)C1)C1CCC(c2ccnc3cnc4[nH]ccc4c23)CC1. The number of H-pyrrole nitrogens is 1. The molecule has 0 bridgehead atoms. The van der Waals surface area contributed by atoms with Gasteiger partial charge < -0.3 is 9.72 Å². The van der Waals surface area contributed by atoms with Crippen molar-refractivity contribution in [3.8, 4) is 5.75 Å². The van der Waals surface area contributed by atoms with Crippen LogP contribution in [0, 0.1) is 17.6 Å². The van der Waals surface area contributed by atoms with Crippen LogP contribution in [-0.4, -0.2) is 59.1 Å². The summed E-state index contributed by atoms with van der Waals surface area (Å²) < 4.78 is 59.5. The second-order valence-electron chi connectivity index (χ2n) is 10.9. The number of piperidine rings is 1. The first-order valence-corrected chi connectivity index (χ1v) is 15.3. The number of aromatic nitrogens is 3. The molecule has 3 aromatic heterocycles. The Hall–Kier alpha value is -3.11. The number of halogens is 2. The van der Waals surface area contributed by atoms with Crippen LogP contribution in [-0.2, 0) is 9.84 Å². The number of rotatable bonds is 7. The number of hydrogen-bond acceptors (Lipinski definition) is 6. The number of aromatic amines is 1. The second kappa shape index (κ2) is 10.8. The number of ether oxygens (including phenoxy) is 1. The van der Waals surface area contributed by atoms with Gasteiger partial charge in [0.1, 0.15) is 17.3 Å². The molecule has 1 aliphatic carbocycles. The summed E-state index contributed by atoms with van der Waals surface area (Å²) in [6.45, 7) is 1.58. The van der Waals surface area contributed by atoms with E-state index >= 15 is 0 Å². The fourth-order valence-corrected chi connectivity index (χ4v) is 8.26. The lowest BCUT2D eigenvalue weighted by molar-refractivity contribution is 0.141. The van der Waals surface area contributed by atoms with Crippen molar-refractivity contribution in [1.29, 1.82) is 0 Å². The molecule has 1 unspecified atom stereocenters. The van der Waals surface area contributed by atoms with E-state index in [2.05, 4.69) is 21.0 Å². The molecule has 1 saturated heterocycles. The molecule has 10 heteroatoms. The number of nitrogens with zero attached hydrogens (tertiary/aromatic N) is 3. The molecular formula is C29H32F2N4O3S. The van der Waals surface area contributed by atoms with Crippen LogP contribution in [0.25, 0.3) is 21.9 Å². The molecule has 1 saturated carbocycles. The van der Waals surface area contributed by atoms with E-state index in [9.17, 15) is 17.2 Å². The topological polar surface area (TPSA) is 88.2 Å². The number of hydrogen-bond donors (Lipinski definition) is 1. The van der Waals surface area contributed by atoms with Crippen LogP contribution in [0.4, 0.5) is 8.78 Å². The Kier molecular flexibility index (Phi) is 7.24. The third kappa shape index (κ3) is 5.49. The van der Waals surface area contributed by atoms with E-state index in [1.54, 1.807) is 6.20 Å². The van der Waals surface area contributed by atoms with Crippen LogP contribution in [0.15, 0.2) is 48.9 Å². The van der Waals surface area contributed by atoms with Gasteiger partial charge in [-0.1, -0.05) is 0 Å². The monoisotopic (exact) mass is 554 g/mol. The minimum atomic E-state index is -3.30. The molecule has 6 rings (SSSR count). The molecule has 4 heterocycles. The summed E-state index contributed by atoms with van der Waals surface area (Å²) in [5.74, 6) is -0.937. The van der Waals surface area contributed by atoms with Crippen LogP contribution in [0.3, 0.4) is 0 Å². The zero-order chi connectivity index (χ0) is 27.0. The predicted molar refractivity (Wildman–Crippen MR) is 146 cm³/mol. The van der Waals surface area contributed by atoms with Gasteiger partial charge in [0.25, 0.3) is 0 Å². The van der Waals surface area contributed by atoms with Crippen molar-refractivity contribution in [2.24, 2.45) is 5.92 Å². The lowest BCUT2D eigenvalue weighted by Crippen LogP contribution is -2.43. The minimum absolute atomic E-state index is 0.0217. The van der Waals surface area contributed by atoms with Crippen LogP contribution in [0.2, 0.25) is 0 Å². The highest BCUT2D eigenvalue weighted by Gasteiger charge is 2.34. The summed E-state index contributed by atoms with van der Waals surface area (Å²) in [6.07, 6.45) is 10.2. The van der Waals surface area contributed by atoms with Crippen molar-refractivity contribution in [2.45, 2.75) is 49.7 Å². The maximum atomic E-state index is 13.9. The molecule has 1 atom stereocenters. The van der Waals surface area contributed by atoms with Crippen LogP contribution in [0.1, 0.15) is 50.0 Å². The Bertz CT molecular complexity index is 1580. The van der Waals surface area contributed by atoms with Crippen molar-refractivity contribution < 1.29 is 21.9 Å². The van der Waals surface area contributed by atoms with Crippen LogP contribution < -0.4 is 4.74 Å². The second-order valence-corrected chi connectivity index (χ2v) is 13.1. The van der Waals surface area contributed by atoms with Crippen molar-refractivity contribution >= 4 is 31.8 Å². The van der Waals surface area contributed by atoms with Crippen molar-refractivity contribution in [3.63, 3.8) is 0 Å². The van der Waals surface area contributed by atoms with Gasteiger partial charge in [-0.05, 0) is 80.8 Å². The average Bonchev–Trinajstić information content (AvgIpc) is 3.42. The fraction of sp³-hybridized carbons (Fsp3) is 0.448. The molecule has 1 aliphatic heterocycles. The lowest BCUT2D eigenvalue weighted by Gasteiger charge is -2.35. The first-order valence-electron chi connectivity index (χ1n) is 13.6. The average molecular weight is 555 g/mol. The van der Waals surface area contributed by atoms with Gasteiger partial charge in [-0.2, -0.15) is 0 Å². The van der Waals surface area contributed by atoms with E-state index < -0.39 is 21.5 Å². The summed E-state index contributed by atoms with van der Waals surface area (Å²) in [4.78, 5) is 14.1. The van der Waals surface area contributed by atoms with Crippen molar-refractivity contribution in [1.82, 2.24) is 19.9 Å². The molecule has 39 heavy (non-hydrogen) atoms. The molecule has 1 N–H and O–H groups in total. The standard InChI is InChI=1S/C29H32F2N4O3S/c30-21-5-8-27(25(31)14-21)38-17-19-2-1-13-35(16-19)18-39(36,37)22-6-3-20(4-7-22)23-9-11-32-26-15-34-29-24(28(23)26)10-12-33-29/h5,8-12,14-15,19-20,22H,1-4,6-7,13,16-18H2,(H,33,34). The predicted octanol–water partition coefficient (Wildman–Crippen LogP) is 5.58. The number of nitrogens with one attached hydrogen (secondary N) is 1. The number of fused-ring (bicyclic) bond motifs is 3. The Morgan fingerprint density at radius 2 is 1.90 bits per heavy atom. The number of benzene rings is 1. The Balaban J connectivity index is 1.07. The quantitative estimate of drug-likeness (QED) is 0.321.